The Hall–Kier alpha value is -1.54. The van der Waals surface area contributed by atoms with Gasteiger partial charge in [0.25, 0.3) is 0 Å². The maximum Gasteiger partial charge on any atom is 0.321 e. The van der Waals surface area contributed by atoms with Crippen molar-refractivity contribution in [2.24, 2.45) is 0 Å². The Kier molecular flexibility index (Phi) is 4.66. The minimum atomic E-state index is -0.874. The van der Waals surface area contributed by atoms with Crippen LogP contribution in [-0.4, -0.2) is 62.7 Å². The molecule has 1 unspecified atom stereocenters. The van der Waals surface area contributed by atoms with Gasteiger partial charge in [0.15, 0.2) is 0 Å². The van der Waals surface area contributed by atoms with Crippen molar-refractivity contribution in [3.8, 4) is 0 Å². The molecule has 110 valence electrons. The topological polar surface area (TPSA) is 98.3 Å². The van der Waals surface area contributed by atoms with Crippen LogP contribution in [0.4, 0.5) is 5.69 Å². The van der Waals surface area contributed by atoms with Crippen molar-refractivity contribution in [1.29, 1.82) is 0 Å². The highest BCUT2D eigenvalue weighted by atomic mass is 32.2. The Morgan fingerprint density at radius 2 is 2.30 bits per heavy atom. The molecule has 8 heteroatoms. The fraction of sp³-hybridized carbons (Fsp3) is 0.583. The number of amides is 1. The molecule has 1 saturated heterocycles. The lowest BCUT2D eigenvalue weighted by molar-refractivity contribution is -0.142. The number of thioether (sulfide) groups is 1. The first kappa shape index (κ1) is 14.9. The largest absolute Gasteiger partial charge is 0.480 e. The van der Waals surface area contributed by atoms with Crippen LogP contribution in [0, 0.1) is 13.8 Å². The van der Waals surface area contributed by atoms with Crippen LogP contribution < -0.4 is 5.32 Å². The van der Waals surface area contributed by atoms with Crippen molar-refractivity contribution >= 4 is 29.3 Å². The van der Waals surface area contributed by atoms with Gasteiger partial charge in [0.2, 0.25) is 5.91 Å². The Bertz CT molecular complexity index is 497. The second-order valence-electron chi connectivity index (χ2n) is 4.76. The maximum atomic E-state index is 12.1. The smallest absolute Gasteiger partial charge is 0.321 e. The number of carbonyl (C=O) groups is 2. The molecular formula is C12H18N4O3S. The number of H-pyrrole nitrogens is 1. The monoisotopic (exact) mass is 298 g/mol. The fourth-order valence-electron chi connectivity index (χ4n) is 2.15. The van der Waals surface area contributed by atoms with Crippen molar-refractivity contribution in [2.45, 2.75) is 19.9 Å². The Morgan fingerprint density at radius 1 is 1.55 bits per heavy atom. The number of rotatable bonds is 4. The number of hydrogen-bond donors (Lipinski definition) is 3. The number of nitrogens with one attached hydrogen (secondary N) is 2. The molecule has 1 aromatic heterocycles. The van der Waals surface area contributed by atoms with Crippen LogP contribution in [-0.2, 0) is 9.59 Å². The number of hydrogen-bond acceptors (Lipinski definition) is 5. The van der Waals surface area contributed by atoms with Crippen LogP contribution in [0.1, 0.15) is 11.4 Å². The van der Waals surface area contributed by atoms with Gasteiger partial charge in [0, 0.05) is 18.1 Å². The van der Waals surface area contributed by atoms with Crippen molar-refractivity contribution in [3.63, 3.8) is 0 Å². The molecule has 1 amide bonds. The third-order valence-electron chi connectivity index (χ3n) is 3.26. The van der Waals surface area contributed by atoms with Crippen LogP contribution in [0.5, 0.6) is 0 Å². The van der Waals surface area contributed by atoms with Crippen molar-refractivity contribution < 1.29 is 14.7 Å². The summed E-state index contributed by atoms with van der Waals surface area (Å²) in [4.78, 5) is 24.9. The van der Waals surface area contributed by atoms with Crippen LogP contribution in [0.25, 0.3) is 0 Å². The summed E-state index contributed by atoms with van der Waals surface area (Å²) in [7, 11) is 0. The summed E-state index contributed by atoms with van der Waals surface area (Å²) in [5.41, 5.74) is 2.19. The summed E-state index contributed by atoms with van der Waals surface area (Å²) < 4.78 is 0. The van der Waals surface area contributed by atoms with E-state index in [2.05, 4.69) is 15.5 Å². The van der Waals surface area contributed by atoms with Crippen molar-refractivity contribution in [3.05, 3.63) is 11.4 Å². The Balaban J connectivity index is 1.98. The average Bonchev–Trinajstić information content (AvgIpc) is 2.71. The van der Waals surface area contributed by atoms with Gasteiger partial charge in [-0.3, -0.25) is 19.6 Å². The maximum absolute atomic E-state index is 12.1. The number of aromatic nitrogens is 2. The number of nitrogens with zero attached hydrogens (tertiary/aromatic N) is 2. The van der Waals surface area contributed by atoms with Crippen LogP contribution in [0.3, 0.4) is 0 Å². The lowest BCUT2D eigenvalue weighted by Crippen LogP contribution is -2.50. The number of aromatic amines is 1. The second-order valence-corrected chi connectivity index (χ2v) is 5.91. The number of anilines is 1. The first-order chi connectivity index (χ1) is 9.49. The molecule has 0 aromatic carbocycles. The van der Waals surface area contributed by atoms with Gasteiger partial charge in [0.1, 0.15) is 6.04 Å². The third kappa shape index (κ3) is 3.31. The van der Waals surface area contributed by atoms with Gasteiger partial charge in [0.05, 0.1) is 23.6 Å². The van der Waals surface area contributed by atoms with E-state index in [1.165, 1.54) is 0 Å². The number of carboxylic acid groups (broad SMARTS) is 1. The van der Waals surface area contributed by atoms with E-state index < -0.39 is 12.0 Å². The second kappa shape index (κ2) is 6.27. The van der Waals surface area contributed by atoms with E-state index in [9.17, 15) is 9.59 Å². The van der Waals surface area contributed by atoms with E-state index >= 15 is 0 Å². The molecule has 7 nitrogen and oxygen atoms in total. The average molecular weight is 298 g/mol. The molecule has 0 spiro atoms. The first-order valence-corrected chi connectivity index (χ1v) is 7.50. The van der Waals surface area contributed by atoms with Crippen molar-refractivity contribution in [2.75, 3.05) is 29.9 Å². The molecule has 1 aliphatic heterocycles. The number of carbonyl (C=O) groups excluding carboxylic acids is 1. The summed E-state index contributed by atoms with van der Waals surface area (Å²) in [6.45, 7) is 4.32. The Labute approximate surface area is 121 Å². The molecule has 1 fully saturated rings. The molecule has 1 atom stereocenters. The van der Waals surface area contributed by atoms with Gasteiger partial charge < -0.3 is 10.4 Å². The zero-order valence-corrected chi connectivity index (χ0v) is 12.3. The first-order valence-electron chi connectivity index (χ1n) is 6.35. The zero-order chi connectivity index (χ0) is 14.7. The molecule has 2 heterocycles. The van der Waals surface area contributed by atoms with E-state index in [0.29, 0.717) is 18.0 Å². The van der Waals surface area contributed by atoms with Crippen LogP contribution in [0.15, 0.2) is 0 Å². The number of carboxylic acids is 1. The summed E-state index contributed by atoms with van der Waals surface area (Å²) >= 11 is 1.60. The van der Waals surface area contributed by atoms with Crippen LogP contribution >= 0.6 is 11.8 Å². The number of aryl methyl sites for hydroxylation is 2. The summed E-state index contributed by atoms with van der Waals surface area (Å²) in [5, 5.41) is 18.8. The highest BCUT2D eigenvalue weighted by Crippen LogP contribution is 2.18. The van der Waals surface area contributed by atoms with E-state index in [4.69, 9.17) is 5.11 Å². The van der Waals surface area contributed by atoms with Crippen LogP contribution in [0.2, 0.25) is 0 Å². The molecule has 0 bridgehead atoms. The highest BCUT2D eigenvalue weighted by molar-refractivity contribution is 7.99. The SMILES string of the molecule is Cc1n[nH]c(C)c1NC(=O)CN1CCSCC1C(=O)O. The molecular weight excluding hydrogens is 280 g/mol. The number of aliphatic carboxylic acids is 1. The van der Waals surface area contributed by atoms with Gasteiger partial charge in [-0.25, -0.2) is 0 Å². The van der Waals surface area contributed by atoms with Crippen molar-refractivity contribution in [1.82, 2.24) is 15.1 Å². The van der Waals surface area contributed by atoms with Gasteiger partial charge >= 0.3 is 5.97 Å². The normalized spacial score (nSPS) is 19.8. The minimum absolute atomic E-state index is 0.0849. The Morgan fingerprint density at radius 3 is 2.90 bits per heavy atom. The van der Waals surface area contributed by atoms with Gasteiger partial charge in [-0.2, -0.15) is 16.9 Å². The van der Waals surface area contributed by atoms with E-state index in [0.717, 1.165) is 17.1 Å². The van der Waals surface area contributed by atoms with Gasteiger partial charge in [-0.15, -0.1) is 0 Å². The lowest BCUT2D eigenvalue weighted by atomic mass is 10.2. The predicted molar refractivity (Wildman–Crippen MR) is 77.0 cm³/mol. The molecule has 20 heavy (non-hydrogen) atoms. The van der Waals surface area contributed by atoms with Gasteiger partial charge in [-0.05, 0) is 13.8 Å². The van der Waals surface area contributed by atoms with E-state index in [-0.39, 0.29) is 12.5 Å². The highest BCUT2D eigenvalue weighted by Gasteiger charge is 2.30. The molecule has 0 saturated carbocycles. The molecule has 2 rings (SSSR count). The summed E-state index contributed by atoms with van der Waals surface area (Å²) in [5.74, 6) is 0.282. The lowest BCUT2D eigenvalue weighted by Gasteiger charge is -2.31. The zero-order valence-electron chi connectivity index (χ0n) is 11.5. The summed E-state index contributed by atoms with van der Waals surface area (Å²) in [6.07, 6.45) is 0. The quantitative estimate of drug-likeness (QED) is 0.747. The fourth-order valence-corrected chi connectivity index (χ4v) is 3.26. The summed E-state index contributed by atoms with van der Waals surface area (Å²) in [6, 6.07) is -0.592. The molecule has 3 N–H and O–H groups in total. The molecule has 0 radical (unpaired) electrons. The van der Waals surface area contributed by atoms with E-state index in [1.54, 1.807) is 23.6 Å². The molecule has 0 aliphatic carbocycles. The molecule has 1 aliphatic rings. The standard InChI is InChI=1S/C12H18N4O3S/c1-7-11(8(2)15-14-7)13-10(17)5-16-3-4-20-6-9(16)12(18)19/h9H,3-6H2,1-2H3,(H,13,17)(H,14,15)(H,18,19). The predicted octanol–water partition coefficient (Wildman–Crippen LogP) is 0.467. The van der Waals surface area contributed by atoms with E-state index in [1.807, 2.05) is 6.92 Å². The minimum Gasteiger partial charge on any atom is -0.480 e. The molecule has 1 aromatic rings. The van der Waals surface area contributed by atoms with Gasteiger partial charge in [-0.1, -0.05) is 0 Å². The third-order valence-corrected chi connectivity index (χ3v) is 4.29.